The maximum Gasteiger partial charge on any atom is 0.307 e. The van der Waals surface area contributed by atoms with Gasteiger partial charge in [0.1, 0.15) is 11.8 Å². The number of esters is 1. The van der Waals surface area contributed by atoms with Crippen molar-refractivity contribution in [3.63, 3.8) is 0 Å². The Morgan fingerprint density at radius 1 is 1.24 bits per heavy atom. The van der Waals surface area contributed by atoms with Crippen molar-refractivity contribution in [1.82, 2.24) is 10.2 Å². The lowest BCUT2D eigenvalue weighted by Gasteiger charge is -2.33. The van der Waals surface area contributed by atoms with Gasteiger partial charge in [-0.15, -0.1) is 0 Å². The lowest BCUT2D eigenvalue weighted by molar-refractivity contribution is -0.148. The van der Waals surface area contributed by atoms with E-state index in [1.54, 1.807) is 17.0 Å². The number of benzene rings is 1. The van der Waals surface area contributed by atoms with Crippen molar-refractivity contribution in [2.45, 2.75) is 45.6 Å². The zero-order chi connectivity index (χ0) is 21.1. The van der Waals surface area contributed by atoms with E-state index in [1.807, 2.05) is 19.1 Å². The summed E-state index contributed by atoms with van der Waals surface area (Å²) < 4.78 is 10.7. The molecular weight excluding hydrogens is 374 g/mol. The molecule has 2 amide bonds. The van der Waals surface area contributed by atoms with Gasteiger partial charge in [0.15, 0.2) is 0 Å². The lowest BCUT2D eigenvalue weighted by atomic mass is 10.1. The molecule has 29 heavy (non-hydrogen) atoms. The zero-order valence-electron chi connectivity index (χ0n) is 17.2. The molecule has 0 saturated carbocycles. The highest BCUT2D eigenvalue weighted by atomic mass is 16.5. The molecule has 0 aromatic heterocycles. The van der Waals surface area contributed by atoms with E-state index in [0.29, 0.717) is 37.7 Å². The minimum absolute atomic E-state index is 0.0140. The number of hydrogen-bond acceptors (Lipinski definition) is 6. The molecule has 1 aliphatic rings. The molecule has 1 aromatic rings. The molecule has 160 valence electrons. The highest BCUT2D eigenvalue weighted by molar-refractivity contribution is 5.93. The minimum atomic E-state index is -0.706. The number of nitrogens with zero attached hydrogens (tertiary/aromatic N) is 1. The molecule has 1 aromatic carbocycles. The third-order valence-corrected chi connectivity index (χ3v) is 4.50. The monoisotopic (exact) mass is 405 g/mol. The number of ether oxygens (including phenoxy) is 2. The van der Waals surface area contributed by atoms with Gasteiger partial charge < -0.3 is 20.1 Å². The first kappa shape index (κ1) is 22.7. The van der Waals surface area contributed by atoms with Crippen LogP contribution in [0, 0.1) is 0 Å². The highest BCUT2D eigenvalue weighted by Gasteiger charge is 2.33. The summed E-state index contributed by atoms with van der Waals surface area (Å²) in [5, 5.41) is 5.58. The second-order valence-corrected chi connectivity index (χ2v) is 6.98. The molecule has 0 bridgehead atoms. The Kier molecular flexibility index (Phi) is 9.43. The molecule has 1 aliphatic heterocycles. The molecule has 1 saturated heterocycles. The van der Waals surface area contributed by atoms with Crippen LogP contribution in [0.1, 0.15) is 39.5 Å². The number of hydrogen-bond donors (Lipinski definition) is 2. The van der Waals surface area contributed by atoms with Crippen LogP contribution in [0.4, 0.5) is 5.69 Å². The van der Waals surface area contributed by atoms with Crippen molar-refractivity contribution in [3.8, 4) is 5.75 Å². The number of anilines is 1. The predicted octanol–water partition coefficient (Wildman–Crippen LogP) is 1.95. The Hall–Kier alpha value is -2.61. The second-order valence-electron chi connectivity index (χ2n) is 6.98. The molecule has 8 heteroatoms. The number of piperazine rings is 1. The summed E-state index contributed by atoms with van der Waals surface area (Å²) >= 11 is 0. The van der Waals surface area contributed by atoms with Gasteiger partial charge in [-0.1, -0.05) is 26.3 Å². The SMILES string of the molecule is CCCCOc1cccc(NC(=O)CN2CCNC(=O)C2CC(=O)OCCC)c1. The number of carbonyl (C=O) groups is 3. The van der Waals surface area contributed by atoms with Gasteiger partial charge >= 0.3 is 5.97 Å². The minimum Gasteiger partial charge on any atom is -0.494 e. The van der Waals surface area contributed by atoms with Crippen LogP contribution in [0.2, 0.25) is 0 Å². The fourth-order valence-corrected chi connectivity index (χ4v) is 2.99. The third kappa shape index (κ3) is 7.73. The van der Waals surface area contributed by atoms with E-state index < -0.39 is 12.0 Å². The van der Waals surface area contributed by atoms with Gasteiger partial charge in [-0.3, -0.25) is 19.3 Å². The fraction of sp³-hybridized carbons (Fsp3) is 0.571. The van der Waals surface area contributed by atoms with Crippen LogP contribution in [-0.2, 0) is 19.1 Å². The van der Waals surface area contributed by atoms with E-state index in [1.165, 1.54) is 0 Å². The number of carbonyl (C=O) groups excluding carboxylic acids is 3. The molecule has 0 aliphatic carbocycles. The van der Waals surface area contributed by atoms with E-state index in [4.69, 9.17) is 9.47 Å². The van der Waals surface area contributed by atoms with Gasteiger partial charge in [0, 0.05) is 24.8 Å². The quantitative estimate of drug-likeness (QED) is 0.431. The van der Waals surface area contributed by atoms with E-state index in [0.717, 1.165) is 19.3 Å². The first-order valence-corrected chi connectivity index (χ1v) is 10.2. The third-order valence-electron chi connectivity index (χ3n) is 4.50. The van der Waals surface area contributed by atoms with Crippen molar-refractivity contribution in [2.75, 3.05) is 38.2 Å². The molecule has 0 radical (unpaired) electrons. The van der Waals surface area contributed by atoms with Crippen LogP contribution < -0.4 is 15.4 Å². The second kappa shape index (κ2) is 12.1. The number of unbranched alkanes of at least 4 members (excludes halogenated alkanes) is 1. The summed E-state index contributed by atoms with van der Waals surface area (Å²) in [6, 6.07) is 6.52. The van der Waals surface area contributed by atoms with Crippen LogP contribution in [0.15, 0.2) is 24.3 Å². The molecule has 1 unspecified atom stereocenters. The first-order valence-electron chi connectivity index (χ1n) is 10.2. The standard InChI is InChI=1S/C21H31N3O5/c1-3-5-12-28-17-8-6-7-16(13-17)23-19(25)15-24-10-9-22-21(27)18(24)14-20(26)29-11-4-2/h6-8,13,18H,3-5,9-12,14-15H2,1-2H3,(H,22,27)(H,23,25). The van der Waals surface area contributed by atoms with Gasteiger partial charge in [-0.2, -0.15) is 0 Å². The largest absolute Gasteiger partial charge is 0.494 e. The Morgan fingerprint density at radius 2 is 2.07 bits per heavy atom. The average Bonchev–Trinajstić information content (AvgIpc) is 2.69. The summed E-state index contributed by atoms with van der Waals surface area (Å²) in [5.74, 6) is -0.248. The Labute approximate surface area is 171 Å². The molecule has 1 atom stereocenters. The lowest BCUT2D eigenvalue weighted by Crippen LogP contribution is -2.57. The van der Waals surface area contributed by atoms with Gasteiger partial charge in [-0.25, -0.2) is 0 Å². The Morgan fingerprint density at radius 3 is 2.83 bits per heavy atom. The van der Waals surface area contributed by atoms with Crippen molar-refractivity contribution in [3.05, 3.63) is 24.3 Å². The predicted molar refractivity (Wildman–Crippen MR) is 110 cm³/mol. The van der Waals surface area contributed by atoms with Gasteiger partial charge in [0.2, 0.25) is 11.8 Å². The van der Waals surface area contributed by atoms with Gasteiger partial charge in [0.05, 0.1) is 26.2 Å². The molecule has 1 fully saturated rings. The maximum absolute atomic E-state index is 12.5. The van der Waals surface area contributed by atoms with Gasteiger partial charge in [-0.05, 0) is 25.0 Å². The van der Waals surface area contributed by atoms with E-state index in [-0.39, 0.29) is 24.8 Å². The summed E-state index contributed by atoms with van der Waals surface area (Å²) in [6.45, 7) is 5.90. The number of nitrogens with one attached hydrogen (secondary N) is 2. The summed E-state index contributed by atoms with van der Waals surface area (Å²) in [5.41, 5.74) is 0.629. The topological polar surface area (TPSA) is 97.0 Å². The molecule has 2 N–H and O–H groups in total. The van der Waals surface area contributed by atoms with E-state index >= 15 is 0 Å². The van der Waals surface area contributed by atoms with Crippen LogP contribution in [0.5, 0.6) is 5.75 Å². The Balaban J connectivity index is 1.92. The number of rotatable bonds is 11. The Bertz CT molecular complexity index is 695. The van der Waals surface area contributed by atoms with Crippen LogP contribution in [-0.4, -0.2) is 61.6 Å². The van der Waals surface area contributed by atoms with Gasteiger partial charge in [0.25, 0.3) is 0 Å². The van der Waals surface area contributed by atoms with Crippen LogP contribution >= 0.6 is 0 Å². The summed E-state index contributed by atoms with van der Waals surface area (Å²) in [7, 11) is 0. The number of amides is 2. The highest BCUT2D eigenvalue weighted by Crippen LogP contribution is 2.18. The summed E-state index contributed by atoms with van der Waals surface area (Å²) in [6.07, 6.45) is 2.67. The zero-order valence-corrected chi connectivity index (χ0v) is 17.2. The summed E-state index contributed by atoms with van der Waals surface area (Å²) in [4.78, 5) is 38.4. The fourth-order valence-electron chi connectivity index (χ4n) is 2.99. The smallest absolute Gasteiger partial charge is 0.307 e. The maximum atomic E-state index is 12.5. The first-order chi connectivity index (χ1) is 14.0. The normalized spacial score (nSPS) is 16.8. The molecule has 2 rings (SSSR count). The molecular formula is C21H31N3O5. The van der Waals surface area contributed by atoms with Crippen LogP contribution in [0.25, 0.3) is 0 Å². The average molecular weight is 405 g/mol. The van der Waals surface area contributed by atoms with Crippen molar-refractivity contribution in [1.29, 1.82) is 0 Å². The van der Waals surface area contributed by atoms with Crippen molar-refractivity contribution < 1.29 is 23.9 Å². The van der Waals surface area contributed by atoms with Crippen molar-refractivity contribution in [2.24, 2.45) is 0 Å². The van der Waals surface area contributed by atoms with E-state index in [9.17, 15) is 14.4 Å². The van der Waals surface area contributed by atoms with E-state index in [2.05, 4.69) is 17.6 Å². The molecule has 8 nitrogen and oxygen atoms in total. The molecule has 0 spiro atoms. The molecule has 1 heterocycles. The van der Waals surface area contributed by atoms with Crippen molar-refractivity contribution >= 4 is 23.5 Å². The van der Waals surface area contributed by atoms with Crippen LogP contribution in [0.3, 0.4) is 0 Å².